The molecule has 0 bridgehead atoms. The minimum atomic E-state index is -0.0258. The lowest BCUT2D eigenvalue weighted by atomic mass is 9.89. The standard InChI is InChI=1S/C14H26N4O/c1-11-9-12(17(4)16-11)10-13(15)14(2,3)18-5-7-19-8-6-18/h9,13H,5-8,10,15H2,1-4H3. The second-order valence-corrected chi connectivity index (χ2v) is 5.96. The first-order valence-electron chi connectivity index (χ1n) is 6.99. The SMILES string of the molecule is Cc1cc(CC(N)C(C)(C)N2CCOCC2)n(C)n1. The third-order valence-electron chi connectivity index (χ3n) is 4.26. The Bertz CT molecular complexity index is 421. The molecule has 1 aromatic rings. The van der Waals surface area contributed by atoms with Crippen LogP contribution in [0.25, 0.3) is 0 Å². The smallest absolute Gasteiger partial charge is 0.0596 e. The summed E-state index contributed by atoms with van der Waals surface area (Å²) in [5.74, 6) is 0. The topological polar surface area (TPSA) is 56.3 Å². The Morgan fingerprint density at radius 2 is 2.05 bits per heavy atom. The molecule has 1 saturated heterocycles. The van der Waals surface area contributed by atoms with E-state index in [-0.39, 0.29) is 11.6 Å². The van der Waals surface area contributed by atoms with Gasteiger partial charge in [0.2, 0.25) is 0 Å². The fourth-order valence-corrected chi connectivity index (χ4v) is 2.70. The monoisotopic (exact) mass is 266 g/mol. The number of aromatic nitrogens is 2. The number of rotatable bonds is 4. The summed E-state index contributed by atoms with van der Waals surface area (Å²) in [5.41, 5.74) is 8.69. The van der Waals surface area contributed by atoms with Crippen molar-refractivity contribution < 1.29 is 4.74 Å². The Labute approximate surface area is 115 Å². The van der Waals surface area contributed by atoms with E-state index in [0.29, 0.717) is 0 Å². The number of hydrogen-bond donors (Lipinski definition) is 1. The number of ether oxygens (including phenoxy) is 1. The molecule has 0 saturated carbocycles. The first-order chi connectivity index (χ1) is 8.91. The third-order valence-corrected chi connectivity index (χ3v) is 4.26. The normalized spacial score (nSPS) is 19.6. The molecule has 0 aromatic carbocycles. The summed E-state index contributed by atoms with van der Waals surface area (Å²) in [6, 6.07) is 2.20. The molecule has 2 rings (SSSR count). The second-order valence-electron chi connectivity index (χ2n) is 5.96. The molecule has 0 aliphatic carbocycles. The molecule has 5 heteroatoms. The van der Waals surface area contributed by atoms with Crippen LogP contribution in [0.15, 0.2) is 6.07 Å². The van der Waals surface area contributed by atoms with E-state index < -0.39 is 0 Å². The van der Waals surface area contributed by atoms with Crippen LogP contribution in [0.3, 0.4) is 0 Å². The van der Waals surface area contributed by atoms with Crippen LogP contribution in [0.5, 0.6) is 0 Å². The lowest BCUT2D eigenvalue weighted by Gasteiger charge is -2.44. The molecule has 108 valence electrons. The molecule has 1 aliphatic rings. The van der Waals surface area contributed by atoms with E-state index in [4.69, 9.17) is 10.5 Å². The van der Waals surface area contributed by atoms with E-state index in [1.807, 2.05) is 18.7 Å². The van der Waals surface area contributed by atoms with Crippen LogP contribution in [0, 0.1) is 6.92 Å². The average Bonchev–Trinajstić information content (AvgIpc) is 2.69. The van der Waals surface area contributed by atoms with Crippen molar-refractivity contribution in [3.63, 3.8) is 0 Å². The summed E-state index contributed by atoms with van der Waals surface area (Å²) in [5, 5.41) is 4.39. The lowest BCUT2D eigenvalue weighted by molar-refractivity contribution is -0.0187. The van der Waals surface area contributed by atoms with E-state index in [9.17, 15) is 0 Å². The predicted octanol–water partition coefficient (Wildman–Crippen LogP) is 0.709. The van der Waals surface area contributed by atoms with Gasteiger partial charge in [0.05, 0.1) is 18.9 Å². The number of hydrogen-bond acceptors (Lipinski definition) is 4. The maximum Gasteiger partial charge on any atom is 0.0596 e. The van der Waals surface area contributed by atoms with Gasteiger partial charge in [-0.15, -0.1) is 0 Å². The highest BCUT2D eigenvalue weighted by atomic mass is 16.5. The van der Waals surface area contributed by atoms with Gasteiger partial charge in [0.1, 0.15) is 0 Å². The van der Waals surface area contributed by atoms with Crippen molar-refractivity contribution in [3.8, 4) is 0 Å². The van der Waals surface area contributed by atoms with Crippen LogP contribution in [0.4, 0.5) is 0 Å². The van der Waals surface area contributed by atoms with Crippen molar-refractivity contribution in [2.45, 2.75) is 38.8 Å². The molecule has 1 unspecified atom stereocenters. The van der Waals surface area contributed by atoms with Crippen LogP contribution in [0.2, 0.25) is 0 Å². The van der Waals surface area contributed by atoms with E-state index >= 15 is 0 Å². The summed E-state index contributed by atoms with van der Waals surface area (Å²) in [7, 11) is 1.98. The van der Waals surface area contributed by atoms with Gasteiger partial charge in [-0.2, -0.15) is 5.10 Å². The number of aryl methyl sites for hydroxylation is 2. The fourth-order valence-electron chi connectivity index (χ4n) is 2.70. The zero-order valence-electron chi connectivity index (χ0n) is 12.5. The van der Waals surface area contributed by atoms with Crippen molar-refractivity contribution in [1.29, 1.82) is 0 Å². The zero-order chi connectivity index (χ0) is 14.0. The molecular formula is C14H26N4O. The van der Waals surface area contributed by atoms with Crippen molar-refractivity contribution >= 4 is 0 Å². The van der Waals surface area contributed by atoms with E-state index in [1.54, 1.807) is 0 Å². The predicted molar refractivity (Wildman–Crippen MR) is 76.1 cm³/mol. The van der Waals surface area contributed by atoms with Crippen LogP contribution < -0.4 is 5.73 Å². The Kier molecular flexibility index (Phi) is 4.28. The Balaban J connectivity index is 2.05. The minimum Gasteiger partial charge on any atom is -0.379 e. The molecule has 0 spiro atoms. The van der Waals surface area contributed by atoms with Crippen molar-refractivity contribution in [1.82, 2.24) is 14.7 Å². The Morgan fingerprint density at radius 1 is 1.42 bits per heavy atom. The first kappa shape index (κ1) is 14.5. The molecule has 2 heterocycles. The lowest BCUT2D eigenvalue weighted by Crippen LogP contribution is -2.59. The maximum absolute atomic E-state index is 6.47. The van der Waals surface area contributed by atoms with E-state index in [2.05, 4.69) is 29.9 Å². The summed E-state index contributed by atoms with van der Waals surface area (Å²) < 4.78 is 7.35. The van der Waals surface area contributed by atoms with Crippen molar-refractivity contribution in [3.05, 3.63) is 17.5 Å². The molecule has 1 fully saturated rings. The van der Waals surface area contributed by atoms with Gasteiger partial charge in [-0.05, 0) is 26.8 Å². The summed E-state index contributed by atoms with van der Waals surface area (Å²) in [6.07, 6.45) is 0.849. The van der Waals surface area contributed by atoms with Crippen LogP contribution in [-0.4, -0.2) is 52.6 Å². The second kappa shape index (κ2) is 5.61. The molecular weight excluding hydrogens is 240 g/mol. The molecule has 0 radical (unpaired) electrons. The van der Waals surface area contributed by atoms with Crippen molar-refractivity contribution in [2.24, 2.45) is 12.8 Å². The van der Waals surface area contributed by atoms with Gasteiger partial charge < -0.3 is 10.5 Å². The summed E-state index contributed by atoms with van der Waals surface area (Å²) in [4.78, 5) is 2.43. The zero-order valence-corrected chi connectivity index (χ0v) is 12.5. The van der Waals surface area contributed by atoms with Gasteiger partial charge in [-0.3, -0.25) is 9.58 Å². The molecule has 1 aliphatic heterocycles. The van der Waals surface area contributed by atoms with Crippen LogP contribution >= 0.6 is 0 Å². The third kappa shape index (κ3) is 3.16. The Hall–Kier alpha value is -0.910. The molecule has 2 N–H and O–H groups in total. The van der Waals surface area contributed by atoms with Gasteiger partial charge in [-0.1, -0.05) is 0 Å². The fraction of sp³-hybridized carbons (Fsp3) is 0.786. The molecule has 0 amide bonds. The highest BCUT2D eigenvalue weighted by Gasteiger charge is 2.34. The minimum absolute atomic E-state index is 0.0258. The molecule has 5 nitrogen and oxygen atoms in total. The van der Waals surface area contributed by atoms with Gasteiger partial charge in [0.15, 0.2) is 0 Å². The first-order valence-corrected chi connectivity index (χ1v) is 6.99. The largest absolute Gasteiger partial charge is 0.379 e. The number of morpholine rings is 1. The van der Waals surface area contributed by atoms with Gasteiger partial charge >= 0.3 is 0 Å². The Morgan fingerprint density at radius 3 is 2.58 bits per heavy atom. The van der Waals surface area contributed by atoms with Gasteiger partial charge in [0.25, 0.3) is 0 Å². The van der Waals surface area contributed by atoms with Gasteiger partial charge in [-0.25, -0.2) is 0 Å². The van der Waals surface area contributed by atoms with Crippen LogP contribution in [0.1, 0.15) is 25.2 Å². The maximum atomic E-state index is 6.47. The molecule has 1 atom stereocenters. The summed E-state index contributed by atoms with van der Waals surface area (Å²) >= 11 is 0. The van der Waals surface area contributed by atoms with Crippen LogP contribution in [-0.2, 0) is 18.2 Å². The molecule has 19 heavy (non-hydrogen) atoms. The molecule has 1 aromatic heterocycles. The summed E-state index contributed by atoms with van der Waals surface area (Å²) in [6.45, 7) is 10.0. The quantitative estimate of drug-likeness (QED) is 0.872. The highest BCUT2D eigenvalue weighted by Crippen LogP contribution is 2.22. The highest BCUT2D eigenvalue weighted by molar-refractivity contribution is 5.12. The van der Waals surface area contributed by atoms with E-state index in [0.717, 1.165) is 38.4 Å². The average molecular weight is 266 g/mol. The van der Waals surface area contributed by atoms with Crippen molar-refractivity contribution in [2.75, 3.05) is 26.3 Å². The number of nitrogens with zero attached hydrogens (tertiary/aromatic N) is 3. The van der Waals surface area contributed by atoms with E-state index in [1.165, 1.54) is 5.69 Å². The van der Waals surface area contributed by atoms with Gasteiger partial charge in [0, 0.05) is 43.8 Å². The number of nitrogens with two attached hydrogens (primary N) is 1.